The second kappa shape index (κ2) is 9.39. The molecule has 29 heavy (non-hydrogen) atoms. The Kier molecular flexibility index (Phi) is 6.68. The van der Waals surface area contributed by atoms with Crippen molar-refractivity contribution in [1.82, 2.24) is 9.47 Å². The molecule has 7 heteroatoms. The van der Waals surface area contributed by atoms with Gasteiger partial charge in [-0.1, -0.05) is 18.2 Å². The largest absolute Gasteiger partial charge is 0.465 e. The first kappa shape index (κ1) is 20.6. The van der Waals surface area contributed by atoms with Crippen molar-refractivity contribution >= 4 is 17.7 Å². The van der Waals surface area contributed by atoms with Crippen molar-refractivity contribution in [3.8, 4) is 11.8 Å². The first-order chi connectivity index (χ1) is 14.0. The number of carbonyl (C=O) groups is 2. The molecule has 0 spiro atoms. The molecule has 0 atom stereocenters. The van der Waals surface area contributed by atoms with E-state index in [4.69, 9.17) is 4.74 Å². The number of anilines is 1. The molecule has 0 unspecified atom stereocenters. The Morgan fingerprint density at radius 1 is 1.21 bits per heavy atom. The molecule has 7 nitrogen and oxygen atoms in total. The lowest BCUT2D eigenvalue weighted by Gasteiger charge is -2.18. The maximum absolute atomic E-state index is 12.7. The molecule has 1 amide bonds. The highest BCUT2D eigenvalue weighted by Gasteiger charge is 2.27. The zero-order valence-electron chi connectivity index (χ0n) is 16.9. The summed E-state index contributed by atoms with van der Waals surface area (Å²) in [5.41, 5.74) is 3.57. The minimum Gasteiger partial charge on any atom is -0.465 e. The van der Waals surface area contributed by atoms with E-state index in [2.05, 4.69) is 11.4 Å². The number of nitrogens with zero attached hydrogens (tertiary/aromatic N) is 3. The predicted octanol–water partition coefficient (Wildman–Crippen LogP) is 2.66. The molecule has 0 bridgehead atoms. The van der Waals surface area contributed by atoms with E-state index in [0.717, 1.165) is 42.6 Å². The zero-order valence-corrected chi connectivity index (χ0v) is 16.9. The predicted molar refractivity (Wildman–Crippen MR) is 110 cm³/mol. The molecular formula is C22H26N4O3. The van der Waals surface area contributed by atoms with Crippen molar-refractivity contribution in [3.63, 3.8) is 0 Å². The fourth-order valence-electron chi connectivity index (χ4n) is 3.80. The van der Waals surface area contributed by atoms with Crippen LogP contribution < -0.4 is 5.32 Å². The van der Waals surface area contributed by atoms with Crippen LogP contribution in [0.2, 0.25) is 0 Å². The van der Waals surface area contributed by atoms with E-state index in [-0.39, 0.29) is 25.0 Å². The van der Waals surface area contributed by atoms with Crippen LogP contribution in [0.15, 0.2) is 30.3 Å². The summed E-state index contributed by atoms with van der Waals surface area (Å²) in [6.07, 6.45) is 3.81. The maximum Gasteiger partial charge on any atom is 0.320 e. The van der Waals surface area contributed by atoms with Crippen molar-refractivity contribution in [2.45, 2.75) is 32.6 Å². The van der Waals surface area contributed by atoms with Gasteiger partial charge in [0.15, 0.2) is 0 Å². The van der Waals surface area contributed by atoms with E-state index >= 15 is 0 Å². The van der Waals surface area contributed by atoms with Gasteiger partial charge < -0.3 is 10.1 Å². The van der Waals surface area contributed by atoms with Gasteiger partial charge in [0.2, 0.25) is 5.91 Å². The Morgan fingerprint density at radius 3 is 2.62 bits per heavy atom. The lowest BCUT2D eigenvalue weighted by atomic mass is 9.95. The van der Waals surface area contributed by atoms with E-state index in [9.17, 15) is 14.9 Å². The second-order valence-corrected chi connectivity index (χ2v) is 7.16. The summed E-state index contributed by atoms with van der Waals surface area (Å²) >= 11 is 0. The van der Waals surface area contributed by atoms with Crippen LogP contribution in [0, 0.1) is 11.3 Å². The fourth-order valence-corrected chi connectivity index (χ4v) is 3.80. The number of para-hydroxylation sites is 1. The van der Waals surface area contributed by atoms with Gasteiger partial charge in [0, 0.05) is 11.4 Å². The summed E-state index contributed by atoms with van der Waals surface area (Å²) in [6.45, 7) is 2.10. The molecule has 1 aromatic carbocycles. The Labute approximate surface area is 170 Å². The average Bonchev–Trinajstić information content (AvgIpc) is 3.01. The Balaban J connectivity index is 1.88. The number of carbonyl (C=O) groups excluding carboxylic acids is 2. The third-order valence-electron chi connectivity index (χ3n) is 4.97. The summed E-state index contributed by atoms with van der Waals surface area (Å²) in [5, 5.41) is 12.8. The first-order valence-corrected chi connectivity index (χ1v) is 9.91. The van der Waals surface area contributed by atoms with Crippen molar-refractivity contribution < 1.29 is 14.3 Å². The minimum atomic E-state index is -0.372. The number of ether oxygens (including phenoxy) is 1. The summed E-state index contributed by atoms with van der Waals surface area (Å²) in [6, 6.07) is 12.1. The fraction of sp³-hybridized carbons (Fsp3) is 0.409. The molecule has 0 radical (unpaired) electrons. The highest BCUT2D eigenvalue weighted by atomic mass is 16.5. The quantitative estimate of drug-likeness (QED) is 0.730. The van der Waals surface area contributed by atoms with Gasteiger partial charge in [-0.05, 0) is 57.4 Å². The van der Waals surface area contributed by atoms with Gasteiger partial charge in [-0.15, -0.1) is 0 Å². The number of nitrogens with one attached hydrogen (secondary N) is 1. The van der Waals surface area contributed by atoms with Crippen LogP contribution in [0.4, 0.5) is 5.82 Å². The number of nitriles is 1. The van der Waals surface area contributed by atoms with Crippen molar-refractivity contribution in [2.75, 3.05) is 32.1 Å². The molecule has 0 saturated heterocycles. The van der Waals surface area contributed by atoms with Crippen LogP contribution in [0.3, 0.4) is 0 Å². The summed E-state index contributed by atoms with van der Waals surface area (Å²) < 4.78 is 6.92. The third kappa shape index (κ3) is 4.66. The highest BCUT2D eigenvalue weighted by Crippen LogP contribution is 2.35. The van der Waals surface area contributed by atoms with Gasteiger partial charge in [-0.25, -0.2) is 0 Å². The molecule has 0 saturated carbocycles. The lowest BCUT2D eigenvalue weighted by molar-refractivity contribution is -0.144. The number of hydrogen-bond donors (Lipinski definition) is 1. The van der Waals surface area contributed by atoms with Crippen LogP contribution in [-0.4, -0.2) is 48.1 Å². The lowest BCUT2D eigenvalue weighted by Crippen LogP contribution is -2.35. The van der Waals surface area contributed by atoms with Gasteiger partial charge in [0.05, 0.1) is 25.3 Å². The number of benzene rings is 1. The average molecular weight is 394 g/mol. The molecule has 1 heterocycles. The summed E-state index contributed by atoms with van der Waals surface area (Å²) in [5.74, 6) is -0.135. The van der Waals surface area contributed by atoms with Gasteiger partial charge in [0.25, 0.3) is 0 Å². The van der Waals surface area contributed by atoms with Crippen molar-refractivity contribution in [3.05, 3.63) is 47.2 Å². The molecule has 1 aliphatic carbocycles. The SMILES string of the molecule is CCOC(=O)CN(C)CC(=O)Nc1c(C#N)c2c(n1-c1ccccc1)CCCC2. The Bertz CT molecular complexity index is 928. The molecular weight excluding hydrogens is 368 g/mol. The summed E-state index contributed by atoms with van der Waals surface area (Å²) in [7, 11) is 1.68. The normalized spacial score (nSPS) is 12.9. The van der Waals surface area contributed by atoms with E-state index < -0.39 is 0 Å². The number of fused-ring (bicyclic) bond motifs is 1. The Morgan fingerprint density at radius 2 is 1.93 bits per heavy atom. The topological polar surface area (TPSA) is 87.4 Å². The number of hydrogen-bond acceptors (Lipinski definition) is 5. The number of amides is 1. The number of aromatic nitrogens is 1. The monoisotopic (exact) mass is 394 g/mol. The van der Waals surface area contributed by atoms with Crippen molar-refractivity contribution in [1.29, 1.82) is 5.26 Å². The maximum atomic E-state index is 12.7. The molecule has 1 aliphatic rings. The van der Waals surface area contributed by atoms with Gasteiger partial charge >= 0.3 is 5.97 Å². The molecule has 0 aliphatic heterocycles. The van der Waals surface area contributed by atoms with E-state index in [1.807, 2.05) is 34.9 Å². The van der Waals surface area contributed by atoms with E-state index in [1.54, 1.807) is 18.9 Å². The molecule has 2 aromatic rings. The van der Waals surface area contributed by atoms with Crippen LogP contribution in [0.5, 0.6) is 0 Å². The number of esters is 1. The standard InChI is InChI=1S/C22H26N4O3/c1-3-29-21(28)15-25(2)14-20(27)24-22-18(13-23)17-11-7-8-12-19(17)26(22)16-9-5-4-6-10-16/h4-6,9-10H,3,7-8,11-12,14-15H2,1-2H3,(H,24,27). The van der Waals surface area contributed by atoms with Gasteiger partial charge in [-0.3, -0.25) is 19.1 Å². The molecule has 0 fully saturated rings. The molecule has 3 rings (SSSR count). The molecule has 152 valence electrons. The highest BCUT2D eigenvalue weighted by molar-refractivity contribution is 5.94. The Hall–Kier alpha value is -3.11. The van der Waals surface area contributed by atoms with Crippen LogP contribution in [0.25, 0.3) is 5.69 Å². The third-order valence-corrected chi connectivity index (χ3v) is 4.97. The van der Waals surface area contributed by atoms with Crippen molar-refractivity contribution in [2.24, 2.45) is 0 Å². The summed E-state index contributed by atoms with van der Waals surface area (Å²) in [4.78, 5) is 25.9. The first-order valence-electron chi connectivity index (χ1n) is 9.91. The number of rotatable bonds is 7. The molecule has 1 N–H and O–H groups in total. The van der Waals surface area contributed by atoms with Crippen LogP contribution in [-0.2, 0) is 27.2 Å². The van der Waals surface area contributed by atoms with Crippen LogP contribution in [0.1, 0.15) is 36.6 Å². The van der Waals surface area contributed by atoms with E-state index in [1.165, 1.54) is 0 Å². The second-order valence-electron chi connectivity index (χ2n) is 7.16. The van der Waals surface area contributed by atoms with Gasteiger partial charge in [0.1, 0.15) is 11.9 Å². The zero-order chi connectivity index (χ0) is 20.8. The van der Waals surface area contributed by atoms with Crippen LogP contribution >= 0.6 is 0 Å². The number of likely N-dealkylation sites (N-methyl/N-ethyl adjacent to an activating group) is 1. The van der Waals surface area contributed by atoms with Gasteiger partial charge in [-0.2, -0.15) is 5.26 Å². The minimum absolute atomic E-state index is 0.0221. The van der Waals surface area contributed by atoms with E-state index in [0.29, 0.717) is 18.0 Å². The smallest absolute Gasteiger partial charge is 0.320 e. The molecule has 1 aromatic heterocycles.